The number of nitrogens with one attached hydrogen (secondary N) is 2. The average molecular weight is 406 g/mol. The number of carbonyl (C=O) groups excluding carboxylic acids is 2. The van der Waals surface area contributed by atoms with E-state index in [-0.39, 0.29) is 16.5 Å². The van der Waals surface area contributed by atoms with Crippen molar-refractivity contribution in [3.63, 3.8) is 0 Å². The van der Waals surface area contributed by atoms with Crippen molar-refractivity contribution in [3.8, 4) is 0 Å². The first-order valence-electron chi connectivity index (χ1n) is 8.56. The van der Waals surface area contributed by atoms with Crippen molar-refractivity contribution in [2.75, 3.05) is 6.54 Å². The van der Waals surface area contributed by atoms with E-state index in [2.05, 4.69) is 15.3 Å². The second kappa shape index (κ2) is 9.27. The van der Waals surface area contributed by atoms with E-state index in [4.69, 9.17) is 4.74 Å². The van der Waals surface area contributed by atoms with Crippen LogP contribution >= 0.6 is 0 Å². The summed E-state index contributed by atoms with van der Waals surface area (Å²) in [6.07, 6.45) is 1.95. The lowest BCUT2D eigenvalue weighted by atomic mass is 10.1. The molecule has 28 heavy (non-hydrogen) atoms. The molecule has 0 unspecified atom stereocenters. The highest BCUT2D eigenvalue weighted by molar-refractivity contribution is 7.90. The first kappa shape index (κ1) is 21.3. The second-order valence-electron chi connectivity index (χ2n) is 6.25. The normalized spacial score (nSPS) is 11.1. The molecule has 0 saturated carbocycles. The quantitative estimate of drug-likeness (QED) is 0.714. The van der Waals surface area contributed by atoms with Crippen LogP contribution in [0.5, 0.6) is 0 Å². The number of carbonyl (C=O) groups is 2. The Hall–Kier alpha value is -3.01. The molecule has 2 aromatic rings. The van der Waals surface area contributed by atoms with E-state index < -0.39 is 22.2 Å². The number of aryl methyl sites for hydroxylation is 1. The van der Waals surface area contributed by atoms with E-state index in [1.165, 1.54) is 24.5 Å². The maximum Gasteiger partial charge on any atom is 0.421 e. The number of amides is 2. The van der Waals surface area contributed by atoms with E-state index >= 15 is 0 Å². The van der Waals surface area contributed by atoms with E-state index in [1.54, 1.807) is 32.9 Å². The second-order valence-corrected chi connectivity index (χ2v) is 7.93. The van der Waals surface area contributed by atoms with Gasteiger partial charge in [-0.2, -0.15) is 0 Å². The van der Waals surface area contributed by atoms with Crippen LogP contribution in [0, 0.1) is 6.92 Å². The lowest BCUT2D eigenvalue weighted by Crippen LogP contribution is -2.32. The topological polar surface area (TPSA) is 127 Å². The Morgan fingerprint density at radius 2 is 1.79 bits per heavy atom. The van der Waals surface area contributed by atoms with Crippen LogP contribution < -0.4 is 10.0 Å². The Morgan fingerprint density at radius 1 is 1.11 bits per heavy atom. The minimum atomic E-state index is -4.00. The molecule has 10 heteroatoms. The summed E-state index contributed by atoms with van der Waals surface area (Å²) in [6, 6.07) is 5.99. The molecule has 0 saturated heterocycles. The van der Waals surface area contributed by atoms with Crippen molar-refractivity contribution in [2.24, 2.45) is 0 Å². The number of nitrogens with zero attached hydrogens (tertiary/aromatic N) is 2. The molecule has 2 amide bonds. The van der Waals surface area contributed by atoms with Crippen molar-refractivity contribution >= 4 is 22.0 Å². The summed E-state index contributed by atoms with van der Waals surface area (Å²) in [5, 5.41) is 2.72. The van der Waals surface area contributed by atoms with Gasteiger partial charge in [-0.15, -0.1) is 0 Å². The van der Waals surface area contributed by atoms with Crippen LogP contribution in [0.2, 0.25) is 0 Å². The summed E-state index contributed by atoms with van der Waals surface area (Å²) in [4.78, 5) is 31.4. The lowest BCUT2D eigenvalue weighted by molar-refractivity contribution is 0.0948. The molecule has 2 rings (SSSR count). The van der Waals surface area contributed by atoms with E-state index in [0.717, 1.165) is 11.3 Å². The van der Waals surface area contributed by atoms with Crippen LogP contribution in [-0.4, -0.2) is 43.0 Å². The van der Waals surface area contributed by atoms with Gasteiger partial charge in [0, 0.05) is 12.7 Å². The largest absolute Gasteiger partial charge is 0.446 e. The van der Waals surface area contributed by atoms with Crippen molar-refractivity contribution in [1.29, 1.82) is 0 Å². The van der Waals surface area contributed by atoms with Crippen LogP contribution in [0.3, 0.4) is 0 Å². The smallest absolute Gasteiger partial charge is 0.421 e. The third-order valence-electron chi connectivity index (χ3n) is 3.51. The number of hydrogen-bond acceptors (Lipinski definition) is 7. The first-order chi connectivity index (χ1) is 13.2. The van der Waals surface area contributed by atoms with Crippen molar-refractivity contribution in [2.45, 2.75) is 38.2 Å². The van der Waals surface area contributed by atoms with Crippen LogP contribution in [-0.2, 0) is 21.2 Å². The molecule has 150 valence electrons. The third kappa shape index (κ3) is 6.31. The highest BCUT2D eigenvalue weighted by Crippen LogP contribution is 2.11. The number of sulfonamides is 1. The van der Waals surface area contributed by atoms with Crippen molar-refractivity contribution in [3.05, 3.63) is 53.6 Å². The highest BCUT2D eigenvalue weighted by atomic mass is 32.2. The van der Waals surface area contributed by atoms with Gasteiger partial charge in [0.05, 0.1) is 22.9 Å². The fourth-order valence-electron chi connectivity index (χ4n) is 2.16. The van der Waals surface area contributed by atoms with Gasteiger partial charge in [0.25, 0.3) is 15.9 Å². The Kier molecular flexibility index (Phi) is 7.05. The number of ether oxygens (including phenoxy) is 1. The standard InChI is InChI=1S/C18H22N4O5S/c1-12(2)27-18(24)22-28(25,26)15-6-4-14(5-7-15)8-9-19-17(23)16-11-20-13(3)10-21-16/h4-7,10-12H,8-9H2,1-3H3,(H,19,23)(H,22,24). The molecular weight excluding hydrogens is 384 g/mol. The highest BCUT2D eigenvalue weighted by Gasteiger charge is 2.19. The predicted octanol–water partition coefficient (Wildman–Crippen LogP) is 1.58. The summed E-state index contributed by atoms with van der Waals surface area (Å²) in [6.45, 7) is 5.36. The Bertz CT molecular complexity index is 925. The SMILES string of the molecule is Cc1cnc(C(=O)NCCc2ccc(S(=O)(=O)NC(=O)OC(C)C)cc2)cn1. The van der Waals surface area contributed by atoms with Gasteiger partial charge >= 0.3 is 6.09 Å². The van der Waals surface area contributed by atoms with Crippen LogP contribution in [0.15, 0.2) is 41.6 Å². The summed E-state index contributed by atoms with van der Waals surface area (Å²) in [5.41, 5.74) is 1.77. The van der Waals surface area contributed by atoms with Gasteiger partial charge in [0.1, 0.15) is 5.69 Å². The lowest BCUT2D eigenvalue weighted by Gasteiger charge is -2.10. The summed E-state index contributed by atoms with van der Waals surface area (Å²) < 4.78 is 30.9. The van der Waals surface area contributed by atoms with Crippen LogP contribution in [0.1, 0.15) is 35.6 Å². The molecule has 1 aromatic carbocycles. The third-order valence-corrected chi connectivity index (χ3v) is 4.84. The Morgan fingerprint density at radius 3 is 2.36 bits per heavy atom. The molecule has 0 bridgehead atoms. The minimum absolute atomic E-state index is 0.0593. The molecule has 0 aliphatic heterocycles. The first-order valence-corrected chi connectivity index (χ1v) is 10.0. The molecule has 0 aliphatic carbocycles. The predicted molar refractivity (Wildman–Crippen MR) is 101 cm³/mol. The van der Waals surface area contributed by atoms with Crippen molar-refractivity contribution in [1.82, 2.24) is 20.0 Å². The number of benzene rings is 1. The zero-order valence-corrected chi connectivity index (χ0v) is 16.6. The van der Waals surface area contributed by atoms with E-state index in [9.17, 15) is 18.0 Å². The van der Waals surface area contributed by atoms with Crippen LogP contribution in [0.4, 0.5) is 4.79 Å². The van der Waals surface area contributed by atoms with E-state index in [0.29, 0.717) is 13.0 Å². The van der Waals surface area contributed by atoms with Gasteiger partial charge in [0.2, 0.25) is 0 Å². The van der Waals surface area contributed by atoms with Gasteiger partial charge in [-0.25, -0.2) is 22.9 Å². The Balaban J connectivity index is 1.89. The van der Waals surface area contributed by atoms with Gasteiger partial charge in [-0.3, -0.25) is 9.78 Å². The molecular formula is C18H22N4O5S. The maximum absolute atomic E-state index is 12.1. The molecule has 2 N–H and O–H groups in total. The Labute approximate surface area is 163 Å². The molecule has 1 aromatic heterocycles. The molecule has 0 aliphatic rings. The molecule has 0 atom stereocenters. The molecule has 0 spiro atoms. The van der Waals surface area contributed by atoms with Crippen molar-refractivity contribution < 1.29 is 22.7 Å². The van der Waals surface area contributed by atoms with Crippen LogP contribution in [0.25, 0.3) is 0 Å². The minimum Gasteiger partial charge on any atom is -0.446 e. The fraction of sp³-hybridized carbons (Fsp3) is 0.333. The molecule has 0 fully saturated rings. The maximum atomic E-state index is 12.1. The van der Waals surface area contributed by atoms with Gasteiger partial charge in [-0.05, 0) is 44.9 Å². The molecule has 0 radical (unpaired) electrons. The zero-order valence-electron chi connectivity index (χ0n) is 15.8. The molecule has 9 nitrogen and oxygen atoms in total. The molecule has 1 heterocycles. The summed E-state index contributed by atoms with van der Waals surface area (Å²) >= 11 is 0. The number of rotatable bonds is 7. The number of aromatic nitrogens is 2. The fourth-order valence-corrected chi connectivity index (χ4v) is 3.04. The summed E-state index contributed by atoms with van der Waals surface area (Å²) in [7, 11) is -4.00. The van der Waals surface area contributed by atoms with Gasteiger partial charge in [-0.1, -0.05) is 12.1 Å². The monoisotopic (exact) mass is 406 g/mol. The van der Waals surface area contributed by atoms with E-state index in [1.807, 2.05) is 4.72 Å². The number of hydrogen-bond donors (Lipinski definition) is 2. The van der Waals surface area contributed by atoms with Gasteiger partial charge in [0.15, 0.2) is 0 Å². The van der Waals surface area contributed by atoms with Gasteiger partial charge < -0.3 is 10.1 Å². The average Bonchev–Trinajstić information content (AvgIpc) is 2.61. The zero-order chi connectivity index (χ0) is 20.7. The summed E-state index contributed by atoms with van der Waals surface area (Å²) in [5.74, 6) is -0.334.